The molecule has 0 rings (SSSR count). The third-order valence-electron chi connectivity index (χ3n) is 0.844. The lowest BCUT2D eigenvalue weighted by Crippen LogP contribution is -1.96. The minimum Gasteiger partial charge on any atom is -0.501 e. The first-order valence-corrected chi connectivity index (χ1v) is 2.51. The Morgan fingerprint density at radius 3 is 2.22 bits per heavy atom. The van der Waals surface area contributed by atoms with Crippen LogP contribution >= 0.6 is 0 Å². The Morgan fingerprint density at radius 2 is 1.89 bits per heavy atom. The molecular formula is C6H10O3. The molecule has 0 radical (unpaired) electrons. The quantitative estimate of drug-likeness (QED) is 0.314. The molecule has 0 saturated heterocycles. The number of rotatable bonds is 2. The predicted octanol–water partition coefficient (Wildman–Crippen LogP) is 0.710. The maximum absolute atomic E-state index is 10.4. The molecule has 3 nitrogen and oxygen atoms in total. The summed E-state index contributed by atoms with van der Waals surface area (Å²) >= 11 is 0. The summed E-state index contributed by atoms with van der Waals surface area (Å²) in [6.45, 7) is 1.68. The smallest absolute Gasteiger partial charge is 0.333 e. The largest absolute Gasteiger partial charge is 0.501 e. The molecular weight excluding hydrogens is 120 g/mol. The van der Waals surface area contributed by atoms with Crippen LogP contribution in [0.1, 0.15) is 6.92 Å². The summed E-state index contributed by atoms with van der Waals surface area (Å²) in [5, 5.41) is 0. The van der Waals surface area contributed by atoms with E-state index in [0.717, 1.165) is 0 Å². The lowest BCUT2D eigenvalue weighted by atomic mass is 10.5. The lowest BCUT2D eigenvalue weighted by molar-refractivity contribution is -0.135. The highest BCUT2D eigenvalue weighted by Crippen LogP contribution is 1.91. The second kappa shape index (κ2) is 3.95. The van der Waals surface area contributed by atoms with Crippen molar-refractivity contribution in [1.29, 1.82) is 0 Å². The molecule has 0 amide bonds. The highest BCUT2D eigenvalue weighted by molar-refractivity contribution is 5.82. The zero-order valence-electron chi connectivity index (χ0n) is 5.80. The van der Waals surface area contributed by atoms with Gasteiger partial charge in [0.25, 0.3) is 0 Å². The maximum Gasteiger partial charge on any atom is 0.333 e. The van der Waals surface area contributed by atoms with E-state index in [2.05, 4.69) is 9.47 Å². The Kier molecular flexibility index (Phi) is 3.51. The van der Waals surface area contributed by atoms with E-state index >= 15 is 0 Å². The molecule has 0 unspecified atom stereocenters. The van der Waals surface area contributed by atoms with Crippen LogP contribution in [0, 0.1) is 0 Å². The first kappa shape index (κ1) is 8.01. The molecule has 0 spiro atoms. The SMILES string of the molecule is COC(=O)/C=C(\C)OC. The monoisotopic (exact) mass is 130 g/mol. The molecule has 3 heteroatoms. The Hall–Kier alpha value is -0.990. The van der Waals surface area contributed by atoms with Gasteiger partial charge in [-0.3, -0.25) is 0 Å². The van der Waals surface area contributed by atoms with Crippen molar-refractivity contribution >= 4 is 5.97 Å². The Morgan fingerprint density at radius 1 is 1.33 bits per heavy atom. The number of hydrogen-bond acceptors (Lipinski definition) is 3. The van der Waals surface area contributed by atoms with Gasteiger partial charge in [-0.15, -0.1) is 0 Å². The highest BCUT2D eigenvalue weighted by Gasteiger charge is 1.93. The second-order valence-corrected chi connectivity index (χ2v) is 1.48. The fourth-order valence-electron chi connectivity index (χ4n) is 0.284. The third kappa shape index (κ3) is 3.58. The molecule has 0 N–H and O–H groups in total. The molecule has 9 heavy (non-hydrogen) atoms. The third-order valence-corrected chi connectivity index (χ3v) is 0.844. The van der Waals surface area contributed by atoms with Crippen LogP contribution in [0.5, 0.6) is 0 Å². The molecule has 0 aromatic rings. The number of carbonyl (C=O) groups excluding carboxylic acids is 1. The van der Waals surface area contributed by atoms with Gasteiger partial charge in [0.05, 0.1) is 26.1 Å². The minimum absolute atomic E-state index is 0.394. The van der Waals surface area contributed by atoms with Gasteiger partial charge in [-0.25, -0.2) is 4.79 Å². The van der Waals surface area contributed by atoms with Crippen LogP contribution in [0.4, 0.5) is 0 Å². The van der Waals surface area contributed by atoms with Crippen LogP contribution in [0.15, 0.2) is 11.8 Å². The Balaban J connectivity index is 3.79. The van der Waals surface area contributed by atoms with Crippen molar-refractivity contribution in [3.8, 4) is 0 Å². The molecule has 0 bridgehead atoms. The van der Waals surface area contributed by atoms with Gasteiger partial charge in [-0.2, -0.15) is 0 Å². The predicted molar refractivity (Wildman–Crippen MR) is 32.8 cm³/mol. The normalized spacial score (nSPS) is 10.8. The van der Waals surface area contributed by atoms with E-state index in [0.29, 0.717) is 5.76 Å². The van der Waals surface area contributed by atoms with E-state index in [1.54, 1.807) is 6.92 Å². The first-order valence-electron chi connectivity index (χ1n) is 2.51. The van der Waals surface area contributed by atoms with Gasteiger partial charge < -0.3 is 9.47 Å². The molecule has 52 valence electrons. The van der Waals surface area contributed by atoms with Gasteiger partial charge in [-0.05, 0) is 6.92 Å². The highest BCUT2D eigenvalue weighted by atomic mass is 16.5. The Labute approximate surface area is 54.3 Å². The van der Waals surface area contributed by atoms with Crippen molar-refractivity contribution in [3.05, 3.63) is 11.8 Å². The van der Waals surface area contributed by atoms with Crippen molar-refractivity contribution in [2.24, 2.45) is 0 Å². The van der Waals surface area contributed by atoms with Crippen LogP contribution in [0.3, 0.4) is 0 Å². The molecule has 0 aromatic heterocycles. The second-order valence-electron chi connectivity index (χ2n) is 1.48. The summed E-state index contributed by atoms with van der Waals surface area (Å²) < 4.78 is 9.01. The summed E-state index contributed by atoms with van der Waals surface area (Å²) in [5.41, 5.74) is 0. The van der Waals surface area contributed by atoms with Crippen molar-refractivity contribution in [1.82, 2.24) is 0 Å². The van der Waals surface area contributed by atoms with Crippen molar-refractivity contribution < 1.29 is 14.3 Å². The van der Waals surface area contributed by atoms with Crippen LogP contribution in [-0.4, -0.2) is 20.2 Å². The van der Waals surface area contributed by atoms with Crippen LogP contribution in [0.25, 0.3) is 0 Å². The lowest BCUT2D eigenvalue weighted by Gasteiger charge is -1.95. The summed E-state index contributed by atoms with van der Waals surface area (Å²) in [7, 11) is 2.82. The molecule has 0 atom stereocenters. The zero-order valence-corrected chi connectivity index (χ0v) is 5.80. The van der Waals surface area contributed by atoms with E-state index < -0.39 is 5.97 Å². The van der Waals surface area contributed by atoms with Crippen molar-refractivity contribution in [2.75, 3.05) is 14.2 Å². The molecule has 0 aliphatic rings. The zero-order chi connectivity index (χ0) is 7.28. The van der Waals surface area contributed by atoms with E-state index in [-0.39, 0.29) is 0 Å². The summed E-state index contributed by atoms with van der Waals surface area (Å²) in [6, 6.07) is 0. The molecule has 0 heterocycles. The number of allylic oxidation sites excluding steroid dienone is 1. The fourth-order valence-corrected chi connectivity index (χ4v) is 0.284. The molecule has 0 fully saturated rings. The molecule has 0 aromatic carbocycles. The number of methoxy groups -OCH3 is 2. The average Bonchev–Trinajstić information content (AvgIpc) is 1.87. The van der Waals surface area contributed by atoms with Gasteiger partial charge in [0.15, 0.2) is 0 Å². The van der Waals surface area contributed by atoms with Gasteiger partial charge >= 0.3 is 5.97 Å². The van der Waals surface area contributed by atoms with Gasteiger partial charge in [0.2, 0.25) is 0 Å². The van der Waals surface area contributed by atoms with E-state index in [4.69, 9.17) is 0 Å². The van der Waals surface area contributed by atoms with Crippen LogP contribution in [0.2, 0.25) is 0 Å². The number of ether oxygens (including phenoxy) is 2. The summed E-state index contributed by atoms with van der Waals surface area (Å²) in [4.78, 5) is 10.4. The first-order chi connectivity index (χ1) is 4.20. The van der Waals surface area contributed by atoms with E-state index in [1.807, 2.05) is 0 Å². The van der Waals surface area contributed by atoms with Crippen molar-refractivity contribution in [3.63, 3.8) is 0 Å². The van der Waals surface area contributed by atoms with E-state index in [9.17, 15) is 4.79 Å². The van der Waals surface area contributed by atoms with Gasteiger partial charge in [-0.1, -0.05) is 0 Å². The number of hydrogen-bond donors (Lipinski definition) is 0. The summed E-state index contributed by atoms with van der Waals surface area (Å²) in [5.74, 6) is 0.149. The van der Waals surface area contributed by atoms with Crippen LogP contribution < -0.4 is 0 Å². The molecule has 0 saturated carbocycles. The maximum atomic E-state index is 10.4. The fraction of sp³-hybridized carbons (Fsp3) is 0.500. The minimum atomic E-state index is -0.394. The number of carbonyl (C=O) groups is 1. The van der Waals surface area contributed by atoms with Crippen molar-refractivity contribution in [2.45, 2.75) is 6.92 Å². The standard InChI is InChI=1S/C6H10O3/c1-5(8-2)4-6(7)9-3/h4H,1-3H3/b5-4+. The topological polar surface area (TPSA) is 35.5 Å². The van der Waals surface area contributed by atoms with Crippen LogP contribution in [-0.2, 0) is 14.3 Å². The molecule has 0 aliphatic carbocycles. The Bertz CT molecular complexity index is 126. The van der Waals surface area contributed by atoms with Gasteiger partial charge in [0, 0.05) is 0 Å². The molecule has 0 aliphatic heterocycles. The summed E-state index contributed by atoms with van der Waals surface area (Å²) in [6.07, 6.45) is 1.28. The average molecular weight is 130 g/mol. The van der Waals surface area contributed by atoms with Gasteiger partial charge in [0.1, 0.15) is 0 Å². The van der Waals surface area contributed by atoms with E-state index in [1.165, 1.54) is 20.3 Å². The number of esters is 1.